The van der Waals surface area contributed by atoms with Crippen molar-refractivity contribution < 1.29 is 14.3 Å². The second-order valence-electron chi connectivity index (χ2n) is 4.00. The Morgan fingerprint density at radius 1 is 1.60 bits per heavy atom. The second kappa shape index (κ2) is 5.55. The quantitative estimate of drug-likeness (QED) is 0.629. The predicted octanol–water partition coefficient (Wildman–Crippen LogP) is 1.63. The Balaban J connectivity index is 1.83. The first-order chi connectivity index (χ1) is 9.70. The topological polar surface area (TPSA) is 79.1 Å². The second-order valence-corrected chi connectivity index (χ2v) is 5.45. The molecule has 106 valence electrons. The maximum atomic E-state index is 11.6. The number of halogens is 1. The summed E-state index contributed by atoms with van der Waals surface area (Å²) in [6.45, 7) is 2.10. The molecule has 3 rings (SSSR count). The van der Waals surface area contributed by atoms with Crippen LogP contribution in [0.1, 0.15) is 13.2 Å². The lowest BCUT2D eigenvalue weighted by Gasteiger charge is -2.13. The van der Waals surface area contributed by atoms with Gasteiger partial charge >= 0.3 is 5.97 Å². The number of thioether (sulfide) groups is 1. The van der Waals surface area contributed by atoms with Crippen LogP contribution < -0.4 is 0 Å². The van der Waals surface area contributed by atoms with Crippen LogP contribution in [0.15, 0.2) is 12.7 Å². The van der Waals surface area contributed by atoms with Crippen molar-refractivity contribution in [2.24, 2.45) is 0 Å². The van der Waals surface area contributed by atoms with E-state index in [0.717, 1.165) is 0 Å². The Morgan fingerprint density at radius 3 is 3.25 bits per heavy atom. The van der Waals surface area contributed by atoms with Gasteiger partial charge in [0.2, 0.25) is 5.44 Å². The zero-order valence-electron chi connectivity index (χ0n) is 10.5. The molecule has 0 bridgehead atoms. The van der Waals surface area contributed by atoms with E-state index in [1.165, 1.54) is 18.1 Å². The standard InChI is InChI=1S/C11H11ClN4O3S/c1-2-18-10(17)11-19-6(3-20-11)16-5-15-7-8(12)13-4-14-9(7)16/h4-6,11H,2-3H2,1H3/t6-,11+/m1/s1. The van der Waals surface area contributed by atoms with Gasteiger partial charge in [0, 0.05) is 5.75 Å². The van der Waals surface area contributed by atoms with Crippen LogP contribution in [0.25, 0.3) is 11.2 Å². The molecule has 1 saturated heterocycles. The molecule has 3 heterocycles. The van der Waals surface area contributed by atoms with Gasteiger partial charge in [0.05, 0.1) is 12.9 Å². The molecule has 7 nitrogen and oxygen atoms in total. The molecular formula is C11H11ClN4O3S. The molecule has 0 aromatic carbocycles. The summed E-state index contributed by atoms with van der Waals surface area (Å²) in [5.74, 6) is 0.244. The van der Waals surface area contributed by atoms with Gasteiger partial charge in [0.15, 0.2) is 10.8 Å². The molecule has 0 unspecified atom stereocenters. The van der Waals surface area contributed by atoms with Crippen LogP contribution in [0.3, 0.4) is 0 Å². The number of hydrogen-bond donors (Lipinski definition) is 0. The summed E-state index contributed by atoms with van der Waals surface area (Å²) in [5, 5.41) is 0.293. The molecule has 0 aliphatic carbocycles. The third-order valence-electron chi connectivity index (χ3n) is 2.77. The van der Waals surface area contributed by atoms with E-state index in [1.807, 2.05) is 0 Å². The van der Waals surface area contributed by atoms with Crippen LogP contribution >= 0.6 is 23.4 Å². The van der Waals surface area contributed by atoms with Crippen LogP contribution in [0, 0.1) is 0 Å². The number of aromatic nitrogens is 4. The number of nitrogens with zero attached hydrogens (tertiary/aromatic N) is 4. The molecule has 1 aliphatic heterocycles. The fourth-order valence-corrected chi connectivity index (χ4v) is 3.07. The van der Waals surface area contributed by atoms with Gasteiger partial charge in [-0.05, 0) is 6.92 Å². The lowest BCUT2D eigenvalue weighted by molar-refractivity contribution is -0.153. The number of fused-ring (bicyclic) bond motifs is 1. The van der Waals surface area contributed by atoms with E-state index in [-0.39, 0.29) is 12.2 Å². The van der Waals surface area contributed by atoms with E-state index in [1.54, 1.807) is 17.8 Å². The molecule has 2 atom stereocenters. The largest absolute Gasteiger partial charge is 0.463 e. The van der Waals surface area contributed by atoms with Gasteiger partial charge in [-0.3, -0.25) is 4.57 Å². The molecule has 0 radical (unpaired) electrons. The molecule has 9 heteroatoms. The smallest absolute Gasteiger partial charge is 0.345 e. The van der Waals surface area contributed by atoms with Crippen molar-refractivity contribution in [1.82, 2.24) is 19.5 Å². The molecule has 20 heavy (non-hydrogen) atoms. The maximum absolute atomic E-state index is 11.6. The Morgan fingerprint density at radius 2 is 2.45 bits per heavy atom. The van der Waals surface area contributed by atoms with Crippen LogP contribution in [-0.4, -0.2) is 43.3 Å². The number of imidazole rings is 1. The molecule has 1 aliphatic rings. The molecule has 0 N–H and O–H groups in total. The number of hydrogen-bond acceptors (Lipinski definition) is 7. The van der Waals surface area contributed by atoms with E-state index >= 15 is 0 Å². The summed E-state index contributed by atoms with van der Waals surface area (Å²) in [4.78, 5) is 23.8. The summed E-state index contributed by atoms with van der Waals surface area (Å²) in [7, 11) is 0. The SMILES string of the molecule is CCOC(=O)[C@H]1O[C@@H](n2cnc3c(Cl)ncnc32)CS1. The summed E-state index contributed by atoms with van der Waals surface area (Å²) in [6, 6.07) is 0. The Bertz CT molecular complexity index is 650. The van der Waals surface area contributed by atoms with Gasteiger partial charge in [0.25, 0.3) is 0 Å². The number of esters is 1. The first kappa shape index (κ1) is 13.6. The molecule has 2 aromatic heterocycles. The van der Waals surface area contributed by atoms with Crippen molar-refractivity contribution in [2.75, 3.05) is 12.4 Å². The van der Waals surface area contributed by atoms with Crippen LogP contribution in [0.2, 0.25) is 5.15 Å². The number of ether oxygens (including phenoxy) is 2. The van der Waals surface area contributed by atoms with Crippen LogP contribution in [0.5, 0.6) is 0 Å². The third-order valence-corrected chi connectivity index (χ3v) is 4.13. The highest BCUT2D eigenvalue weighted by molar-refractivity contribution is 8.00. The molecule has 2 aromatic rings. The molecule has 1 fully saturated rings. The van der Waals surface area contributed by atoms with Crippen molar-refractivity contribution in [3.05, 3.63) is 17.8 Å². The van der Waals surface area contributed by atoms with Gasteiger partial charge in [0.1, 0.15) is 18.1 Å². The van der Waals surface area contributed by atoms with Gasteiger partial charge in [-0.2, -0.15) is 0 Å². The van der Waals surface area contributed by atoms with E-state index in [2.05, 4.69) is 15.0 Å². The summed E-state index contributed by atoms with van der Waals surface area (Å²) >= 11 is 7.34. The van der Waals surface area contributed by atoms with Crippen LogP contribution in [-0.2, 0) is 14.3 Å². The average Bonchev–Trinajstić information content (AvgIpc) is 3.05. The minimum atomic E-state index is -0.616. The zero-order valence-corrected chi connectivity index (χ0v) is 12.1. The number of carbonyl (C=O) groups excluding carboxylic acids is 1. The normalized spacial score (nSPS) is 22.3. The van der Waals surface area contributed by atoms with Crippen LogP contribution in [0.4, 0.5) is 0 Å². The molecule has 0 spiro atoms. The first-order valence-electron chi connectivity index (χ1n) is 5.97. The van der Waals surface area contributed by atoms with Gasteiger partial charge in [-0.1, -0.05) is 11.6 Å². The van der Waals surface area contributed by atoms with Crippen molar-refractivity contribution >= 4 is 40.5 Å². The summed E-state index contributed by atoms with van der Waals surface area (Å²) in [6.07, 6.45) is 2.63. The van der Waals surface area contributed by atoms with E-state index < -0.39 is 5.44 Å². The molecular weight excluding hydrogens is 304 g/mol. The van der Waals surface area contributed by atoms with E-state index in [0.29, 0.717) is 28.7 Å². The predicted molar refractivity (Wildman–Crippen MR) is 73.3 cm³/mol. The van der Waals surface area contributed by atoms with Crippen molar-refractivity contribution in [2.45, 2.75) is 18.6 Å². The number of rotatable bonds is 3. The highest BCUT2D eigenvalue weighted by atomic mass is 35.5. The number of carbonyl (C=O) groups is 1. The minimum absolute atomic E-state index is 0.293. The Kier molecular flexibility index (Phi) is 3.77. The maximum Gasteiger partial charge on any atom is 0.345 e. The minimum Gasteiger partial charge on any atom is -0.463 e. The van der Waals surface area contributed by atoms with Crippen molar-refractivity contribution in [1.29, 1.82) is 0 Å². The Hall–Kier alpha value is -1.38. The monoisotopic (exact) mass is 314 g/mol. The molecule has 0 amide bonds. The first-order valence-corrected chi connectivity index (χ1v) is 7.40. The van der Waals surface area contributed by atoms with Crippen molar-refractivity contribution in [3.63, 3.8) is 0 Å². The summed E-state index contributed by atoms with van der Waals surface area (Å²) in [5.41, 5.74) is 0.483. The average molecular weight is 315 g/mol. The van der Waals surface area contributed by atoms with Gasteiger partial charge in [-0.25, -0.2) is 19.7 Å². The lowest BCUT2D eigenvalue weighted by Crippen LogP contribution is -2.21. The zero-order chi connectivity index (χ0) is 14.1. The van der Waals surface area contributed by atoms with E-state index in [9.17, 15) is 4.79 Å². The lowest BCUT2D eigenvalue weighted by atomic mass is 10.5. The molecule has 0 saturated carbocycles. The van der Waals surface area contributed by atoms with Gasteiger partial charge < -0.3 is 9.47 Å². The fraction of sp³-hybridized carbons (Fsp3) is 0.455. The highest BCUT2D eigenvalue weighted by Crippen LogP contribution is 2.34. The van der Waals surface area contributed by atoms with Crippen molar-refractivity contribution in [3.8, 4) is 0 Å². The highest BCUT2D eigenvalue weighted by Gasteiger charge is 2.34. The third kappa shape index (κ3) is 2.34. The summed E-state index contributed by atoms with van der Waals surface area (Å²) < 4.78 is 12.4. The Labute approximate surface area is 123 Å². The van der Waals surface area contributed by atoms with E-state index in [4.69, 9.17) is 21.1 Å². The fourth-order valence-electron chi connectivity index (χ4n) is 1.90. The van der Waals surface area contributed by atoms with Gasteiger partial charge in [-0.15, -0.1) is 11.8 Å².